The zero-order chi connectivity index (χ0) is 17.9. The average molecular weight is 386 g/mol. The number of alkyl carbamates (subject to hydrolysis) is 1. The molecule has 1 aromatic heterocycles. The molecule has 1 aliphatic heterocycles. The lowest BCUT2D eigenvalue weighted by atomic mass is 10.1. The number of rotatable bonds is 5. The predicted molar refractivity (Wildman–Crippen MR) is 104 cm³/mol. The van der Waals surface area contributed by atoms with Crippen LogP contribution < -0.4 is 10.6 Å². The van der Waals surface area contributed by atoms with E-state index >= 15 is 0 Å². The van der Waals surface area contributed by atoms with Gasteiger partial charge in [-0.05, 0) is 36.2 Å². The van der Waals surface area contributed by atoms with E-state index in [0.29, 0.717) is 11.6 Å². The van der Waals surface area contributed by atoms with Gasteiger partial charge in [0.2, 0.25) is 0 Å². The predicted octanol–water partition coefficient (Wildman–Crippen LogP) is 4.86. The topological polar surface area (TPSA) is 63.2 Å². The minimum Gasteiger partial charge on any atom is -0.447 e. The van der Waals surface area contributed by atoms with Gasteiger partial charge in [-0.15, -0.1) is 11.3 Å². The van der Waals surface area contributed by atoms with Gasteiger partial charge in [-0.3, -0.25) is 0 Å². The molecule has 132 valence electrons. The summed E-state index contributed by atoms with van der Waals surface area (Å²) in [5.41, 5.74) is 4.07. The molecule has 7 heteroatoms. The van der Waals surface area contributed by atoms with Crippen LogP contribution in [0.5, 0.6) is 0 Å². The molecule has 0 saturated carbocycles. The summed E-state index contributed by atoms with van der Waals surface area (Å²) in [6.45, 7) is 0.422. The minimum atomic E-state index is -0.339. The highest BCUT2D eigenvalue weighted by molar-refractivity contribution is 7.14. The molecule has 0 aliphatic carbocycles. The Hall–Kier alpha value is -2.57. The van der Waals surface area contributed by atoms with Crippen LogP contribution in [0.2, 0.25) is 5.02 Å². The Kier molecular flexibility index (Phi) is 4.77. The van der Waals surface area contributed by atoms with Crippen molar-refractivity contribution in [1.29, 1.82) is 0 Å². The van der Waals surface area contributed by atoms with Crippen molar-refractivity contribution in [3.8, 4) is 11.3 Å². The van der Waals surface area contributed by atoms with Crippen molar-refractivity contribution in [3.63, 3.8) is 0 Å². The Morgan fingerprint density at radius 3 is 2.65 bits per heavy atom. The number of halogens is 1. The van der Waals surface area contributed by atoms with Gasteiger partial charge in [0.15, 0.2) is 5.13 Å². The third-order valence-corrected chi connectivity index (χ3v) is 5.08. The number of anilines is 2. The van der Waals surface area contributed by atoms with Crippen LogP contribution in [0.15, 0.2) is 53.9 Å². The van der Waals surface area contributed by atoms with Gasteiger partial charge >= 0.3 is 6.09 Å². The summed E-state index contributed by atoms with van der Waals surface area (Å²) in [6.07, 6.45) is 0.415. The molecule has 2 N–H and O–H groups in total. The number of ether oxygens (including phenoxy) is 1. The first-order valence-corrected chi connectivity index (χ1v) is 9.42. The number of thiazole rings is 1. The molecular weight excluding hydrogens is 370 g/mol. The summed E-state index contributed by atoms with van der Waals surface area (Å²) in [6, 6.07) is 15.8. The number of hydrogen-bond acceptors (Lipinski definition) is 5. The lowest BCUT2D eigenvalue weighted by Crippen LogP contribution is -2.28. The molecule has 1 atom stereocenters. The average Bonchev–Trinajstić information content (AvgIpc) is 3.26. The molecule has 4 rings (SSSR count). The molecule has 1 amide bonds. The van der Waals surface area contributed by atoms with Crippen molar-refractivity contribution < 1.29 is 9.53 Å². The van der Waals surface area contributed by atoms with Gasteiger partial charge in [-0.25, -0.2) is 9.78 Å². The maximum absolute atomic E-state index is 11.1. The fraction of sp³-hybridized carbons (Fsp3) is 0.158. The molecule has 26 heavy (non-hydrogen) atoms. The molecule has 1 aliphatic rings. The monoisotopic (exact) mass is 385 g/mol. The van der Waals surface area contributed by atoms with Gasteiger partial charge in [0, 0.05) is 21.7 Å². The fourth-order valence-corrected chi connectivity index (χ4v) is 3.62. The normalized spacial score (nSPS) is 16.2. The lowest BCUT2D eigenvalue weighted by molar-refractivity contribution is 0.177. The first-order chi connectivity index (χ1) is 12.7. The lowest BCUT2D eigenvalue weighted by Gasteiger charge is -2.08. The van der Waals surface area contributed by atoms with Crippen LogP contribution in [0.3, 0.4) is 0 Å². The SMILES string of the molecule is O=C1NC(Cc2ccc(Nc3nc(-c4ccc(Cl)cc4)cs3)cc2)CO1. The quantitative estimate of drug-likeness (QED) is 0.658. The second-order valence-electron chi connectivity index (χ2n) is 6.01. The summed E-state index contributed by atoms with van der Waals surface area (Å²) >= 11 is 7.48. The Labute approximate surface area is 160 Å². The van der Waals surface area contributed by atoms with Crippen molar-refractivity contribution in [3.05, 3.63) is 64.5 Å². The molecule has 0 bridgehead atoms. The van der Waals surface area contributed by atoms with Crippen molar-refractivity contribution in [2.45, 2.75) is 12.5 Å². The second-order valence-corrected chi connectivity index (χ2v) is 7.31. The molecule has 0 spiro atoms. The van der Waals surface area contributed by atoms with Gasteiger partial charge in [0.1, 0.15) is 6.61 Å². The number of benzene rings is 2. The van der Waals surface area contributed by atoms with Crippen LogP contribution in [0.1, 0.15) is 5.56 Å². The molecular formula is C19H16ClN3O2S. The van der Waals surface area contributed by atoms with Crippen molar-refractivity contribution in [2.24, 2.45) is 0 Å². The summed E-state index contributed by atoms with van der Waals surface area (Å²) < 4.78 is 4.91. The van der Waals surface area contributed by atoms with Gasteiger partial charge in [-0.2, -0.15) is 0 Å². The third-order valence-electron chi connectivity index (χ3n) is 4.07. The molecule has 1 unspecified atom stereocenters. The van der Waals surface area contributed by atoms with E-state index in [2.05, 4.69) is 15.6 Å². The highest BCUT2D eigenvalue weighted by atomic mass is 35.5. The molecule has 2 aromatic carbocycles. The number of hydrogen-bond donors (Lipinski definition) is 2. The van der Waals surface area contributed by atoms with E-state index in [1.54, 1.807) is 11.3 Å². The Bertz CT molecular complexity index is 909. The third kappa shape index (κ3) is 3.98. The first kappa shape index (κ1) is 16.9. The molecule has 0 radical (unpaired) electrons. The van der Waals surface area contributed by atoms with Gasteiger partial charge in [-0.1, -0.05) is 35.9 Å². The van der Waals surface area contributed by atoms with Gasteiger partial charge < -0.3 is 15.4 Å². The van der Waals surface area contributed by atoms with Crippen LogP contribution in [-0.2, 0) is 11.2 Å². The van der Waals surface area contributed by atoms with E-state index in [0.717, 1.165) is 34.1 Å². The summed E-state index contributed by atoms with van der Waals surface area (Å²) in [5.74, 6) is 0. The Balaban J connectivity index is 1.40. The van der Waals surface area contributed by atoms with Crippen molar-refractivity contribution >= 4 is 39.8 Å². The van der Waals surface area contributed by atoms with E-state index in [9.17, 15) is 4.79 Å². The molecule has 2 heterocycles. The number of amides is 1. The van der Waals surface area contributed by atoms with E-state index in [1.807, 2.05) is 53.9 Å². The largest absolute Gasteiger partial charge is 0.447 e. The maximum atomic E-state index is 11.1. The zero-order valence-corrected chi connectivity index (χ0v) is 15.3. The molecule has 1 saturated heterocycles. The highest BCUT2D eigenvalue weighted by Crippen LogP contribution is 2.28. The highest BCUT2D eigenvalue weighted by Gasteiger charge is 2.22. The summed E-state index contributed by atoms with van der Waals surface area (Å²) in [5, 5.41) is 9.67. The molecule has 3 aromatic rings. The number of aromatic nitrogens is 1. The van der Waals surface area contributed by atoms with Gasteiger partial charge in [0.05, 0.1) is 11.7 Å². The Morgan fingerprint density at radius 2 is 1.96 bits per heavy atom. The van der Waals surface area contributed by atoms with Crippen LogP contribution in [0, 0.1) is 0 Å². The first-order valence-electron chi connectivity index (χ1n) is 8.16. The molecule has 5 nitrogen and oxygen atoms in total. The Morgan fingerprint density at radius 1 is 1.19 bits per heavy atom. The second kappa shape index (κ2) is 7.35. The number of nitrogens with zero attached hydrogens (tertiary/aromatic N) is 1. The van der Waals surface area contributed by atoms with Crippen LogP contribution in [0.25, 0.3) is 11.3 Å². The van der Waals surface area contributed by atoms with Crippen molar-refractivity contribution in [2.75, 3.05) is 11.9 Å². The standard InChI is InChI=1S/C19H16ClN3O2S/c20-14-5-3-13(4-6-14)17-11-26-18(23-17)21-15-7-1-12(2-8-15)9-16-10-25-19(24)22-16/h1-8,11,16H,9-10H2,(H,21,23)(H,22,24). The number of cyclic esters (lactones) is 1. The number of carbonyl (C=O) groups excluding carboxylic acids is 1. The zero-order valence-electron chi connectivity index (χ0n) is 13.7. The van der Waals surface area contributed by atoms with Crippen LogP contribution >= 0.6 is 22.9 Å². The fourth-order valence-electron chi connectivity index (χ4n) is 2.75. The summed E-state index contributed by atoms with van der Waals surface area (Å²) in [4.78, 5) is 15.7. The van der Waals surface area contributed by atoms with E-state index in [1.165, 1.54) is 0 Å². The smallest absolute Gasteiger partial charge is 0.407 e. The number of carbonyl (C=O) groups is 1. The van der Waals surface area contributed by atoms with Crippen LogP contribution in [0.4, 0.5) is 15.6 Å². The maximum Gasteiger partial charge on any atom is 0.407 e. The van der Waals surface area contributed by atoms with E-state index in [4.69, 9.17) is 16.3 Å². The minimum absolute atomic E-state index is 0.0437. The molecule has 1 fully saturated rings. The van der Waals surface area contributed by atoms with Crippen LogP contribution in [-0.4, -0.2) is 23.7 Å². The van der Waals surface area contributed by atoms with E-state index < -0.39 is 0 Å². The van der Waals surface area contributed by atoms with E-state index in [-0.39, 0.29) is 12.1 Å². The summed E-state index contributed by atoms with van der Waals surface area (Å²) in [7, 11) is 0. The van der Waals surface area contributed by atoms with Gasteiger partial charge in [0.25, 0.3) is 0 Å². The van der Waals surface area contributed by atoms with Crippen molar-refractivity contribution in [1.82, 2.24) is 10.3 Å². The number of nitrogens with one attached hydrogen (secondary N) is 2.